The molecule has 0 amide bonds. The lowest BCUT2D eigenvalue weighted by Gasteiger charge is -2.21. The molecule has 0 aromatic heterocycles. The summed E-state index contributed by atoms with van der Waals surface area (Å²) in [6, 6.07) is 0. The average Bonchev–Trinajstić information content (AvgIpc) is 0.977. The molecule has 0 fully saturated rings. The molecule has 0 aliphatic carbocycles. The minimum atomic E-state index is -4.96. The summed E-state index contributed by atoms with van der Waals surface area (Å²) >= 11 is 0. The van der Waals surface area contributed by atoms with Crippen LogP contribution in [-0.4, -0.2) is 96.7 Å². The van der Waals surface area contributed by atoms with Crippen LogP contribution in [0, 0.1) is 23.7 Å². The van der Waals surface area contributed by atoms with E-state index in [9.17, 15) is 43.2 Å². The summed E-state index contributed by atoms with van der Waals surface area (Å²) < 4.78 is 68.6. The molecule has 4 unspecified atom stereocenters. The fourth-order valence-electron chi connectivity index (χ4n) is 12.0. The second kappa shape index (κ2) is 68.2. The molecule has 0 aromatic rings. The molecule has 17 nitrogen and oxygen atoms in total. The van der Waals surface area contributed by atoms with Gasteiger partial charge in [0.25, 0.3) is 0 Å². The Bertz CT molecular complexity index is 1920. The third kappa shape index (κ3) is 71.1. The monoisotopic (exact) mass is 1440 g/mol. The fourth-order valence-corrected chi connectivity index (χ4v) is 13.6. The van der Waals surface area contributed by atoms with Crippen LogP contribution >= 0.6 is 15.6 Å². The fraction of sp³-hybridized carbons (Fsp3) is 0.949. The van der Waals surface area contributed by atoms with Crippen molar-refractivity contribution < 1.29 is 80.2 Å². The first-order valence-corrected chi connectivity index (χ1v) is 43.7. The van der Waals surface area contributed by atoms with Gasteiger partial charge in [-0.3, -0.25) is 37.3 Å². The maximum absolute atomic E-state index is 13.1. The van der Waals surface area contributed by atoms with Crippen molar-refractivity contribution in [1.29, 1.82) is 0 Å². The Kier molecular flexibility index (Phi) is 66.8. The topological polar surface area (TPSA) is 237 Å². The SMILES string of the molecule is CCC(C)CCCCCCCCCCC(=O)OC[C@H](COP(=O)(O)OCC(O)COP(=O)(O)OC[C@@H](COC(=O)CCCCCCCCCC(C)C)OC(=O)CCCCCCCCCCCCCCCCCCC(C)C)OC(=O)CCCCCCCCCCCCCCCCC(C)C. The predicted octanol–water partition coefficient (Wildman–Crippen LogP) is 23.2. The molecule has 0 bridgehead atoms. The first-order valence-electron chi connectivity index (χ1n) is 40.7. The van der Waals surface area contributed by atoms with Crippen molar-refractivity contribution in [1.82, 2.24) is 0 Å². The molecule has 0 radical (unpaired) electrons. The summed E-state index contributed by atoms with van der Waals surface area (Å²) in [6.45, 7) is 14.2. The van der Waals surface area contributed by atoms with E-state index in [0.717, 1.165) is 114 Å². The van der Waals surface area contributed by atoms with Crippen LogP contribution in [0.1, 0.15) is 402 Å². The third-order valence-electron chi connectivity index (χ3n) is 18.7. The highest BCUT2D eigenvalue weighted by molar-refractivity contribution is 7.47. The molecule has 6 atom stereocenters. The molecular formula is C79H154O17P2. The van der Waals surface area contributed by atoms with E-state index in [1.165, 1.54) is 199 Å². The van der Waals surface area contributed by atoms with Gasteiger partial charge in [0.05, 0.1) is 26.4 Å². The largest absolute Gasteiger partial charge is 0.472 e. The minimum Gasteiger partial charge on any atom is -0.462 e. The molecule has 0 aliphatic heterocycles. The van der Waals surface area contributed by atoms with Crippen molar-refractivity contribution in [2.75, 3.05) is 39.6 Å². The molecule has 0 saturated heterocycles. The molecule has 0 rings (SSSR count). The number of esters is 4. The van der Waals surface area contributed by atoms with Gasteiger partial charge in [0.1, 0.15) is 19.3 Å². The lowest BCUT2D eigenvalue weighted by atomic mass is 9.99. The molecule has 98 heavy (non-hydrogen) atoms. The van der Waals surface area contributed by atoms with E-state index in [4.69, 9.17) is 37.0 Å². The van der Waals surface area contributed by atoms with Crippen LogP contribution in [0.2, 0.25) is 0 Å². The summed E-state index contributed by atoms with van der Waals surface area (Å²) in [6.07, 6.45) is 54.2. The van der Waals surface area contributed by atoms with E-state index in [2.05, 4.69) is 55.4 Å². The van der Waals surface area contributed by atoms with E-state index >= 15 is 0 Å². The van der Waals surface area contributed by atoms with Crippen LogP contribution in [0.25, 0.3) is 0 Å². The smallest absolute Gasteiger partial charge is 0.462 e. The lowest BCUT2D eigenvalue weighted by molar-refractivity contribution is -0.161. The summed E-state index contributed by atoms with van der Waals surface area (Å²) in [4.78, 5) is 72.9. The van der Waals surface area contributed by atoms with Crippen LogP contribution in [0.5, 0.6) is 0 Å². The summed E-state index contributed by atoms with van der Waals surface area (Å²) in [5.41, 5.74) is 0. The van der Waals surface area contributed by atoms with Crippen molar-refractivity contribution in [2.45, 2.75) is 420 Å². The summed E-state index contributed by atoms with van der Waals surface area (Å²) in [5, 5.41) is 10.6. The molecule has 582 valence electrons. The van der Waals surface area contributed by atoms with Gasteiger partial charge in [0.2, 0.25) is 0 Å². The van der Waals surface area contributed by atoms with Crippen molar-refractivity contribution in [3.05, 3.63) is 0 Å². The first-order chi connectivity index (χ1) is 47.1. The second-order valence-corrected chi connectivity index (χ2v) is 33.0. The van der Waals surface area contributed by atoms with Crippen LogP contribution in [0.4, 0.5) is 0 Å². The number of rotatable bonds is 76. The highest BCUT2D eigenvalue weighted by atomic mass is 31.2. The van der Waals surface area contributed by atoms with Gasteiger partial charge in [-0.2, -0.15) is 0 Å². The molecule has 0 spiro atoms. The predicted molar refractivity (Wildman–Crippen MR) is 400 cm³/mol. The Balaban J connectivity index is 5.22. The number of ether oxygens (including phenoxy) is 4. The number of hydrogen-bond acceptors (Lipinski definition) is 15. The van der Waals surface area contributed by atoms with Crippen LogP contribution in [0.15, 0.2) is 0 Å². The molecule has 0 heterocycles. The second-order valence-electron chi connectivity index (χ2n) is 30.1. The number of hydrogen-bond donors (Lipinski definition) is 3. The zero-order chi connectivity index (χ0) is 72.4. The van der Waals surface area contributed by atoms with Crippen molar-refractivity contribution in [3.8, 4) is 0 Å². The van der Waals surface area contributed by atoms with E-state index in [1.807, 2.05) is 0 Å². The number of aliphatic hydroxyl groups excluding tert-OH is 1. The van der Waals surface area contributed by atoms with Gasteiger partial charge in [-0.05, 0) is 49.4 Å². The summed E-state index contributed by atoms with van der Waals surface area (Å²) in [7, 11) is -9.92. The van der Waals surface area contributed by atoms with Gasteiger partial charge in [-0.25, -0.2) is 9.13 Å². The van der Waals surface area contributed by atoms with Crippen LogP contribution in [-0.2, 0) is 65.4 Å². The molecule has 0 saturated carbocycles. The maximum atomic E-state index is 13.1. The third-order valence-corrected chi connectivity index (χ3v) is 20.6. The molecule has 0 aromatic carbocycles. The minimum absolute atomic E-state index is 0.107. The van der Waals surface area contributed by atoms with E-state index in [1.54, 1.807) is 0 Å². The normalized spacial score (nSPS) is 14.3. The highest BCUT2D eigenvalue weighted by Gasteiger charge is 2.30. The summed E-state index contributed by atoms with van der Waals surface area (Å²) in [5.74, 6) is 0.969. The Morgan fingerprint density at radius 3 is 0.724 bits per heavy atom. The van der Waals surface area contributed by atoms with Crippen molar-refractivity contribution in [3.63, 3.8) is 0 Å². The van der Waals surface area contributed by atoms with E-state index in [0.29, 0.717) is 31.6 Å². The van der Waals surface area contributed by atoms with Gasteiger partial charge in [-0.1, -0.05) is 351 Å². The number of carbonyl (C=O) groups excluding carboxylic acids is 4. The van der Waals surface area contributed by atoms with Gasteiger partial charge in [0.15, 0.2) is 12.2 Å². The Labute approximate surface area is 600 Å². The maximum Gasteiger partial charge on any atom is 0.472 e. The van der Waals surface area contributed by atoms with Crippen LogP contribution < -0.4 is 0 Å². The number of phosphoric ester groups is 2. The average molecular weight is 1440 g/mol. The van der Waals surface area contributed by atoms with E-state index in [-0.39, 0.29) is 25.7 Å². The number of phosphoric acid groups is 2. The zero-order valence-corrected chi connectivity index (χ0v) is 66.2. The van der Waals surface area contributed by atoms with Crippen molar-refractivity contribution in [2.24, 2.45) is 23.7 Å². The quantitative estimate of drug-likeness (QED) is 0.0222. The number of carbonyl (C=O) groups is 4. The number of aliphatic hydroxyl groups is 1. The van der Waals surface area contributed by atoms with Gasteiger partial charge >= 0.3 is 39.5 Å². The van der Waals surface area contributed by atoms with E-state index < -0.39 is 97.5 Å². The van der Waals surface area contributed by atoms with Gasteiger partial charge in [0, 0.05) is 25.7 Å². The lowest BCUT2D eigenvalue weighted by Crippen LogP contribution is -2.30. The molecule has 3 N–H and O–H groups in total. The zero-order valence-electron chi connectivity index (χ0n) is 64.4. The standard InChI is InChI=1S/C79H154O17P2/c1-9-72(8)58-50-42-34-28-29-35-43-51-59-76(81)89-65-74(95-78(83)62-54-46-37-27-23-19-15-14-17-21-25-32-40-48-56-70(4)5)67-93-97(85,86)91-63-73(80)64-92-98(87,88)94-68-75(66-90-77(82)60-52-44-38-30-33-41-49-57-71(6)7)96-79(84)61-53-45-36-26-22-18-13-11-10-12-16-20-24-31-39-47-55-69(2)3/h69-75,80H,9-68H2,1-8H3,(H,85,86)(H,87,88)/t72?,73?,74-,75-/m1/s1. The van der Waals surface area contributed by atoms with Crippen molar-refractivity contribution >= 4 is 39.5 Å². The molecular weight excluding hydrogens is 1280 g/mol. The van der Waals surface area contributed by atoms with Gasteiger partial charge < -0.3 is 33.8 Å². The highest BCUT2D eigenvalue weighted by Crippen LogP contribution is 2.45. The Hall–Kier alpha value is -1.94. The van der Waals surface area contributed by atoms with Gasteiger partial charge in [-0.15, -0.1) is 0 Å². The Morgan fingerprint density at radius 1 is 0.286 bits per heavy atom. The first kappa shape index (κ1) is 96.1. The molecule has 0 aliphatic rings. The molecule has 19 heteroatoms. The Morgan fingerprint density at radius 2 is 0.490 bits per heavy atom. The number of unbranched alkanes of at least 4 members (excludes halogenated alkanes) is 41. The van der Waals surface area contributed by atoms with Crippen LogP contribution in [0.3, 0.4) is 0 Å².